The van der Waals surface area contributed by atoms with E-state index in [4.69, 9.17) is 11.8 Å². The third kappa shape index (κ3) is 4.91. The van der Waals surface area contributed by atoms with E-state index in [1.54, 1.807) is 12.1 Å². The standard InChI is InChI=1S/C15H23ClN2O3S/c16-17-10-9-14(19)13-7-4-8-15(18-13)22(20,21)11-12-5-2-1-3-6-12/h4,7-8,12,14,17,19H,1-3,5-6,9-11H2/t14-/m1/s1. The lowest BCUT2D eigenvalue weighted by Crippen LogP contribution is -2.20. The highest BCUT2D eigenvalue weighted by atomic mass is 35.5. The second-order valence-electron chi connectivity index (χ2n) is 5.87. The van der Waals surface area contributed by atoms with E-state index in [1.165, 1.54) is 12.5 Å². The number of hydrogen-bond donors (Lipinski definition) is 2. The van der Waals surface area contributed by atoms with E-state index in [1.807, 2.05) is 0 Å². The average molecular weight is 347 g/mol. The van der Waals surface area contributed by atoms with E-state index < -0.39 is 15.9 Å². The summed E-state index contributed by atoms with van der Waals surface area (Å²) in [6, 6.07) is 4.78. The molecule has 2 N–H and O–H groups in total. The minimum absolute atomic E-state index is 0.0634. The van der Waals surface area contributed by atoms with Gasteiger partial charge in [0.25, 0.3) is 0 Å². The first-order valence-electron chi connectivity index (χ1n) is 7.74. The van der Waals surface area contributed by atoms with Crippen LogP contribution in [-0.2, 0) is 9.84 Å². The highest BCUT2D eigenvalue weighted by molar-refractivity contribution is 7.91. The van der Waals surface area contributed by atoms with Gasteiger partial charge >= 0.3 is 0 Å². The van der Waals surface area contributed by atoms with Gasteiger partial charge in [-0.1, -0.05) is 25.3 Å². The molecule has 1 heterocycles. The number of nitrogens with zero attached hydrogens (tertiary/aromatic N) is 1. The number of hydrogen-bond acceptors (Lipinski definition) is 5. The van der Waals surface area contributed by atoms with Gasteiger partial charge in [0.15, 0.2) is 14.9 Å². The molecule has 1 aliphatic rings. The lowest BCUT2D eigenvalue weighted by atomic mass is 9.91. The van der Waals surface area contributed by atoms with Crippen LogP contribution < -0.4 is 4.84 Å². The Balaban J connectivity index is 2.09. The zero-order valence-electron chi connectivity index (χ0n) is 12.5. The summed E-state index contributed by atoms with van der Waals surface area (Å²) in [7, 11) is -3.40. The van der Waals surface area contributed by atoms with Crippen LogP contribution in [0.4, 0.5) is 0 Å². The second-order valence-corrected chi connectivity index (χ2v) is 8.12. The number of aliphatic hydroxyl groups excluding tert-OH is 1. The van der Waals surface area contributed by atoms with Crippen molar-refractivity contribution in [2.24, 2.45) is 5.92 Å². The molecule has 1 aliphatic carbocycles. The van der Waals surface area contributed by atoms with Crippen molar-refractivity contribution in [3.63, 3.8) is 0 Å². The van der Waals surface area contributed by atoms with Gasteiger partial charge in [-0.25, -0.2) is 18.2 Å². The van der Waals surface area contributed by atoms with Crippen molar-refractivity contribution in [1.29, 1.82) is 0 Å². The smallest absolute Gasteiger partial charge is 0.195 e. The Labute approximate surface area is 137 Å². The molecule has 0 saturated heterocycles. The predicted octanol–water partition coefficient (Wildman–Crippen LogP) is 2.60. The summed E-state index contributed by atoms with van der Waals surface area (Å²) in [6.45, 7) is 0.420. The zero-order chi connectivity index (χ0) is 16.0. The average Bonchev–Trinajstić information content (AvgIpc) is 2.53. The highest BCUT2D eigenvalue weighted by Crippen LogP contribution is 2.27. The third-order valence-corrected chi connectivity index (χ3v) is 6.06. The van der Waals surface area contributed by atoms with Crippen LogP contribution in [0.1, 0.15) is 50.3 Å². The van der Waals surface area contributed by atoms with Crippen LogP contribution in [0.2, 0.25) is 0 Å². The largest absolute Gasteiger partial charge is 0.387 e. The van der Waals surface area contributed by atoms with Gasteiger partial charge in [-0.2, -0.15) is 0 Å². The molecule has 124 valence electrons. The molecule has 2 rings (SSSR count). The Kier molecular flexibility index (Phi) is 6.62. The van der Waals surface area contributed by atoms with Crippen LogP contribution in [0.3, 0.4) is 0 Å². The number of aliphatic hydroxyl groups is 1. The Morgan fingerprint density at radius 1 is 1.32 bits per heavy atom. The van der Waals surface area contributed by atoms with Gasteiger partial charge in [0, 0.05) is 6.54 Å². The molecule has 5 nitrogen and oxygen atoms in total. The molecule has 22 heavy (non-hydrogen) atoms. The molecule has 0 aliphatic heterocycles. The molecule has 7 heteroatoms. The highest BCUT2D eigenvalue weighted by Gasteiger charge is 2.24. The topological polar surface area (TPSA) is 79.3 Å². The first-order chi connectivity index (χ1) is 10.5. The second kappa shape index (κ2) is 8.24. The summed E-state index contributed by atoms with van der Waals surface area (Å²) in [6.07, 6.45) is 4.92. The molecule has 0 radical (unpaired) electrons. The van der Waals surface area contributed by atoms with E-state index in [-0.39, 0.29) is 16.7 Å². The molecule has 0 bridgehead atoms. The van der Waals surface area contributed by atoms with Crippen LogP contribution in [0.15, 0.2) is 23.2 Å². The molecule has 1 aromatic heterocycles. The lowest BCUT2D eigenvalue weighted by molar-refractivity contribution is 0.163. The monoisotopic (exact) mass is 346 g/mol. The van der Waals surface area contributed by atoms with Crippen molar-refractivity contribution in [3.05, 3.63) is 23.9 Å². The SMILES string of the molecule is O=S(=O)(CC1CCCCC1)c1cccc([C@H](O)CCNCl)n1. The first kappa shape index (κ1) is 17.7. The number of nitrogens with one attached hydrogen (secondary N) is 1. The van der Waals surface area contributed by atoms with Crippen molar-refractivity contribution >= 4 is 21.6 Å². The van der Waals surface area contributed by atoms with Gasteiger partial charge in [-0.05, 0) is 49.1 Å². The fourth-order valence-electron chi connectivity index (χ4n) is 2.88. The van der Waals surface area contributed by atoms with Crippen molar-refractivity contribution in [3.8, 4) is 0 Å². The number of aromatic nitrogens is 1. The van der Waals surface area contributed by atoms with Crippen molar-refractivity contribution in [1.82, 2.24) is 9.82 Å². The van der Waals surface area contributed by atoms with Gasteiger partial charge in [0.1, 0.15) is 0 Å². The van der Waals surface area contributed by atoms with E-state index in [0.29, 0.717) is 18.7 Å². The molecule has 1 fully saturated rings. The van der Waals surface area contributed by atoms with E-state index in [0.717, 1.165) is 25.7 Å². The van der Waals surface area contributed by atoms with Gasteiger partial charge in [-0.15, -0.1) is 0 Å². The van der Waals surface area contributed by atoms with Gasteiger partial charge < -0.3 is 5.11 Å². The van der Waals surface area contributed by atoms with Gasteiger partial charge in [0.05, 0.1) is 17.6 Å². The van der Waals surface area contributed by atoms with Crippen molar-refractivity contribution in [2.75, 3.05) is 12.3 Å². The van der Waals surface area contributed by atoms with Crippen LogP contribution in [0, 0.1) is 5.92 Å². The molecular weight excluding hydrogens is 324 g/mol. The summed E-state index contributed by atoms with van der Waals surface area (Å²) in [5, 5.41) is 10.1. The first-order valence-corrected chi connectivity index (χ1v) is 9.77. The van der Waals surface area contributed by atoms with Crippen molar-refractivity contribution in [2.45, 2.75) is 49.7 Å². The van der Waals surface area contributed by atoms with E-state index in [9.17, 15) is 13.5 Å². The lowest BCUT2D eigenvalue weighted by Gasteiger charge is -2.21. The fourth-order valence-corrected chi connectivity index (χ4v) is 4.64. The summed E-state index contributed by atoms with van der Waals surface area (Å²) in [5.74, 6) is 0.387. The zero-order valence-corrected chi connectivity index (χ0v) is 14.1. The Hall–Kier alpha value is -0.690. The van der Waals surface area contributed by atoms with Crippen LogP contribution in [0.25, 0.3) is 0 Å². The van der Waals surface area contributed by atoms with E-state index >= 15 is 0 Å². The van der Waals surface area contributed by atoms with Crippen LogP contribution in [-0.4, -0.2) is 30.8 Å². The maximum absolute atomic E-state index is 12.5. The molecule has 0 spiro atoms. The minimum Gasteiger partial charge on any atom is -0.387 e. The maximum atomic E-state index is 12.5. The van der Waals surface area contributed by atoms with Gasteiger partial charge in [0.2, 0.25) is 0 Å². The summed E-state index contributed by atoms with van der Waals surface area (Å²) in [5.41, 5.74) is 0.372. The summed E-state index contributed by atoms with van der Waals surface area (Å²) >= 11 is 5.37. The number of sulfone groups is 1. The number of pyridine rings is 1. The maximum Gasteiger partial charge on any atom is 0.195 e. The van der Waals surface area contributed by atoms with Crippen LogP contribution >= 0.6 is 11.8 Å². The molecule has 0 aromatic carbocycles. The Morgan fingerprint density at radius 3 is 2.73 bits per heavy atom. The fraction of sp³-hybridized carbons (Fsp3) is 0.667. The molecular formula is C15H23ClN2O3S. The van der Waals surface area contributed by atoms with Crippen LogP contribution in [0.5, 0.6) is 0 Å². The normalized spacial score (nSPS) is 18.3. The molecule has 1 atom stereocenters. The van der Waals surface area contributed by atoms with Gasteiger partial charge in [-0.3, -0.25) is 0 Å². The molecule has 0 amide bonds. The Morgan fingerprint density at radius 2 is 2.05 bits per heavy atom. The third-order valence-electron chi connectivity index (χ3n) is 4.10. The summed E-state index contributed by atoms with van der Waals surface area (Å²) < 4.78 is 25.0. The number of rotatable bonds is 7. The number of halogens is 1. The van der Waals surface area contributed by atoms with E-state index in [2.05, 4.69) is 9.82 Å². The quantitative estimate of drug-likeness (QED) is 0.742. The molecule has 0 unspecified atom stereocenters. The Bertz CT molecular complexity index is 574. The predicted molar refractivity (Wildman–Crippen MR) is 86.3 cm³/mol. The van der Waals surface area contributed by atoms with Crippen molar-refractivity contribution < 1.29 is 13.5 Å². The minimum atomic E-state index is -3.40. The summed E-state index contributed by atoms with van der Waals surface area (Å²) in [4.78, 5) is 6.59. The molecule has 1 saturated carbocycles. The molecule has 1 aromatic rings.